The Morgan fingerprint density at radius 1 is 1.33 bits per heavy atom. The van der Waals surface area contributed by atoms with Crippen LogP contribution < -0.4 is 5.32 Å². The monoisotopic (exact) mass is 269 g/mol. The molecule has 1 heterocycles. The molecule has 1 aromatic rings. The lowest BCUT2D eigenvalue weighted by molar-refractivity contribution is -0.157. The van der Waals surface area contributed by atoms with E-state index < -0.39 is 13.5 Å². The minimum Gasteiger partial charge on any atom is -0.442 e. The average Bonchev–Trinajstić information content (AvgIpc) is 2.54. The maximum Gasteiger partial charge on any atom is 0.313 e. The minimum atomic E-state index is -1.48. The molecule has 0 saturated heterocycles. The fourth-order valence-corrected chi connectivity index (χ4v) is 3.07. The van der Waals surface area contributed by atoms with Crippen molar-refractivity contribution < 1.29 is 9.53 Å². The molecule has 102 valence electrons. The van der Waals surface area contributed by atoms with Crippen molar-refractivity contribution >= 4 is 19.4 Å². The first kappa shape index (κ1) is 14.9. The molecule has 0 atom stereocenters. The molecule has 0 spiro atoms. The van der Waals surface area contributed by atoms with E-state index in [0.717, 1.165) is 11.0 Å². The van der Waals surface area contributed by atoms with Crippen LogP contribution in [0.15, 0.2) is 0 Å². The molecule has 6 heteroatoms. The second kappa shape index (κ2) is 4.83. The number of esters is 1. The number of aromatic nitrogens is 3. The summed E-state index contributed by atoms with van der Waals surface area (Å²) in [6.45, 7) is 14.3. The van der Waals surface area contributed by atoms with Crippen LogP contribution in [0, 0.1) is 12.3 Å². The van der Waals surface area contributed by atoms with Crippen LogP contribution in [0.5, 0.6) is 0 Å². The lowest BCUT2D eigenvalue weighted by Gasteiger charge is -2.17. The molecule has 0 aromatic carbocycles. The van der Waals surface area contributed by atoms with E-state index in [1.807, 2.05) is 27.7 Å². The Balaban J connectivity index is 2.77. The van der Waals surface area contributed by atoms with Crippen LogP contribution >= 0.6 is 0 Å². The lowest BCUT2D eigenvalue weighted by atomic mass is 9.98. The molecule has 1 aromatic heterocycles. The Morgan fingerprint density at radius 2 is 1.89 bits per heavy atom. The first-order valence-electron chi connectivity index (χ1n) is 6.11. The van der Waals surface area contributed by atoms with Crippen LogP contribution in [-0.4, -0.2) is 29.0 Å². The summed E-state index contributed by atoms with van der Waals surface area (Å²) in [7, 11) is -1.48. The topological polar surface area (TPSA) is 57.0 Å². The number of hydrogen-bond donors (Lipinski definition) is 0. The molecule has 0 N–H and O–H groups in total. The first-order valence-corrected chi connectivity index (χ1v) is 9.61. The molecule has 0 aliphatic rings. The third kappa shape index (κ3) is 3.41. The van der Waals surface area contributed by atoms with E-state index in [4.69, 9.17) is 4.74 Å². The summed E-state index contributed by atoms with van der Waals surface area (Å²) in [5, 5.41) is 9.34. The average molecular weight is 269 g/mol. The van der Waals surface area contributed by atoms with Crippen molar-refractivity contribution in [3.8, 4) is 0 Å². The summed E-state index contributed by atoms with van der Waals surface area (Å²) in [6.07, 6.45) is 0. The van der Waals surface area contributed by atoms with E-state index in [1.54, 1.807) is 4.68 Å². The van der Waals surface area contributed by atoms with Gasteiger partial charge in [0.25, 0.3) is 0 Å². The number of ether oxygens (including phenoxy) is 1. The van der Waals surface area contributed by atoms with E-state index in [-0.39, 0.29) is 12.7 Å². The smallest absolute Gasteiger partial charge is 0.313 e. The van der Waals surface area contributed by atoms with Gasteiger partial charge in [0.1, 0.15) is 8.07 Å². The Bertz CT molecular complexity index is 441. The molecule has 0 bridgehead atoms. The van der Waals surface area contributed by atoms with Gasteiger partial charge in [-0.1, -0.05) is 24.9 Å². The molecular weight excluding hydrogens is 246 g/mol. The van der Waals surface area contributed by atoms with E-state index in [1.165, 1.54) is 0 Å². The van der Waals surface area contributed by atoms with Crippen molar-refractivity contribution in [1.29, 1.82) is 0 Å². The summed E-state index contributed by atoms with van der Waals surface area (Å²) in [5.41, 5.74) is 0.506. The van der Waals surface area contributed by atoms with E-state index in [0.29, 0.717) is 0 Å². The van der Waals surface area contributed by atoms with Crippen LogP contribution in [0.2, 0.25) is 19.6 Å². The molecule has 0 amide bonds. The Labute approximate surface area is 110 Å². The van der Waals surface area contributed by atoms with Crippen LogP contribution in [0.25, 0.3) is 0 Å². The molecule has 1 rings (SSSR count). The van der Waals surface area contributed by atoms with Gasteiger partial charge in [0.2, 0.25) is 0 Å². The van der Waals surface area contributed by atoms with E-state index >= 15 is 0 Å². The van der Waals surface area contributed by atoms with Crippen LogP contribution in [0.3, 0.4) is 0 Å². The highest BCUT2D eigenvalue weighted by Crippen LogP contribution is 2.15. The van der Waals surface area contributed by atoms with Gasteiger partial charge in [-0.05, 0) is 27.7 Å². The van der Waals surface area contributed by atoms with Crippen molar-refractivity contribution in [1.82, 2.24) is 15.0 Å². The summed E-state index contributed by atoms with van der Waals surface area (Å²) in [4.78, 5) is 11.7. The first-order chi connectivity index (χ1) is 8.03. The highest BCUT2D eigenvalue weighted by Gasteiger charge is 2.26. The van der Waals surface area contributed by atoms with Crippen LogP contribution in [0.1, 0.15) is 26.5 Å². The van der Waals surface area contributed by atoms with Gasteiger partial charge in [0.15, 0.2) is 6.73 Å². The van der Waals surface area contributed by atoms with Crippen LogP contribution in [-0.2, 0) is 16.3 Å². The van der Waals surface area contributed by atoms with Crippen molar-refractivity contribution in [3.05, 3.63) is 5.69 Å². The summed E-state index contributed by atoms with van der Waals surface area (Å²) in [6, 6.07) is 0. The molecule has 0 unspecified atom stereocenters. The van der Waals surface area contributed by atoms with E-state index in [2.05, 4.69) is 30.0 Å². The normalized spacial score (nSPS) is 12.6. The van der Waals surface area contributed by atoms with Gasteiger partial charge >= 0.3 is 5.97 Å². The van der Waals surface area contributed by atoms with Crippen molar-refractivity contribution in [2.24, 2.45) is 5.41 Å². The highest BCUT2D eigenvalue weighted by atomic mass is 28.3. The van der Waals surface area contributed by atoms with Gasteiger partial charge in [-0.15, -0.1) is 5.10 Å². The Hall–Kier alpha value is -1.17. The van der Waals surface area contributed by atoms with Gasteiger partial charge < -0.3 is 4.74 Å². The number of nitrogens with zero attached hydrogens (tertiary/aromatic N) is 3. The summed E-state index contributed by atoms with van der Waals surface area (Å²) in [5.74, 6) is -0.230. The van der Waals surface area contributed by atoms with Crippen molar-refractivity contribution in [2.75, 3.05) is 0 Å². The van der Waals surface area contributed by atoms with Gasteiger partial charge in [-0.2, -0.15) is 0 Å². The molecule has 0 aliphatic heterocycles. The fraction of sp³-hybridized carbons (Fsp3) is 0.750. The van der Waals surface area contributed by atoms with Crippen molar-refractivity contribution in [2.45, 2.75) is 54.1 Å². The molecule has 0 aliphatic carbocycles. The maximum atomic E-state index is 11.7. The molecular formula is C12H23N3O2Si. The zero-order chi connectivity index (χ0) is 14.1. The zero-order valence-electron chi connectivity index (χ0n) is 12.4. The van der Waals surface area contributed by atoms with Gasteiger partial charge in [0, 0.05) is 0 Å². The minimum absolute atomic E-state index is 0.138. The Kier molecular flexibility index (Phi) is 4.00. The molecule has 0 radical (unpaired) electrons. The summed E-state index contributed by atoms with van der Waals surface area (Å²) < 4.78 is 6.89. The number of hydrogen-bond acceptors (Lipinski definition) is 4. The van der Waals surface area contributed by atoms with Gasteiger partial charge in [-0.3, -0.25) is 4.79 Å². The van der Waals surface area contributed by atoms with E-state index in [9.17, 15) is 4.79 Å². The largest absolute Gasteiger partial charge is 0.442 e. The zero-order valence-corrected chi connectivity index (χ0v) is 13.4. The lowest BCUT2D eigenvalue weighted by Crippen LogP contribution is -2.40. The summed E-state index contributed by atoms with van der Waals surface area (Å²) >= 11 is 0. The molecule has 0 saturated carbocycles. The standard InChI is InChI=1S/C12H23N3O2Si/c1-9-10(18(5,6)7)13-14-15(9)8-17-11(16)12(2,3)4/h8H2,1-7H3. The predicted octanol–water partition coefficient (Wildman–Crippen LogP) is 1.68. The maximum absolute atomic E-state index is 11.7. The number of rotatable bonds is 3. The molecule has 18 heavy (non-hydrogen) atoms. The number of carbonyl (C=O) groups excluding carboxylic acids is 1. The quantitative estimate of drug-likeness (QED) is 0.619. The highest BCUT2D eigenvalue weighted by molar-refractivity contribution is 6.88. The SMILES string of the molecule is Cc1c([Si](C)(C)C)nnn1COC(=O)C(C)(C)C. The third-order valence-corrected chi connectivity index (χ3v) is 4.51. The van der Waals surface area contributed by atoms with Crippen molar-refractivity contribution in [3.63, 3.8) is 0 Å². The second-order valence-electron chi connectivity index (χ2n) is 6.58. The molecule has 0 fully saturated rings. The third-order valence-electron chi connectivity index (χ3n) is 2.62. The van der Waals surface area contributed by atoms with Gasteiger partial charge in [0.05, 0.1) is 16.4 Å². The fourth-order valence-electron chi connectivity index (χ4n) is 1.51. The number of carbonyl (C=O) groups is 1. The second-order valence-corrected chi connectivity index (χ2v) is 11.6. The Morgan fingerprint density at radius 3 is 2.28 bits per heavy atom. The predicted molar refractivity (Wildman–Crippen MR) is 73.3 cm³/mol. The van der Waals surface area contributed by atoms with Gasteiger partial charge in [-0.25, -0.2) is 4.68 Å². The van der Waals surface area contributed by atoms with Crippen LogP contribution in [0.4, 0.5) is 0 Å². The molecule has 5 nitrogen and oxygen atoms in total.